The van der Waals surface area contributed by atoms with Gasteiger partial charge < -0.3 is 9.42 Å². The van der Waals surface area contributed by atoms with E-state index in [4.69, 9.17) is 14.7 Å². The van der Waals surface area contributed by atoms with Crippen molar-refractivity contribution >= 4 is 27.7 Å². The summed E-state index contributed by atoms with van der Waals surface area (Å²) >= 11 is 0. The summed E-state index contributed by atoms with van der Waals surface area (Å²) in [6, 6.07) is 14.2. The van der Waals surface area contributed by atoms with Crippen molar-refractivity contribution in [2.75, 3.05) is 31.1 Å². The normalized spacial score (nSPS) is 16.8. The second-order valence-corrected chi connectivity index (χ2v) is 7.32. The first-order valence-corrected chi connectivity index (χ1v) is 9.97. The number of hydrogen-bond acceptors (Lipinski definition) is 6. The van der Waals surface area contributed by atoms with E-state index in [0.717, 1.165) is 61.0 Å². The molecule has 1 atom stereocenters. The SMILES string of the molecule is CCCC(N1CCN(c2cccc3oncc23)CC1)n1nc2ccccc2n1. The minimum Gasteiger partial charge on any atom is -0.368 e. The molecule has 4 aromatic rings. The maximum absolute atomic E-state index is 5.32. The van der Waals surface area contributed by atoms with Crippen LogP contribution in [0.4, 0.5) is 5.69 Å². The summed E-state index contributed by atoms with van der Waals surface area (Å²) in [5.74, 6) is 0. The van der Waals surface area contributed by atoms with Crippen LogP contribution in [0.25, 0.3) is 22.0 Å². The van der Waals surface area contributed by atoms with Crippen molar-refractivity contribution in [1.82, 2.24) is 25.1 Å². The molecule has 0 bridgehead atoms. The Morgan fingerprint density at radius 1 is 0.964 bits per heavy atom. The predicted octanol–water partition coefficient (Wildman–Crippen LogP) is 3.69. The van der Waals surface area contributed by atoms with Crippen molar-refractivity contribution in [2.24, 2.45) is 0 Å². The molecule has 7 heteroatoms. The van der Waals surface area contributed by atoms with Gasteiger partial charge in [0.1, 0.15) is 17.2 Å². The third-order valence-corrected chi connectivity index (χ3v) is 5.57. The molecule has 0 spiro atoms. The summed E-state index contributed by atoms with van der Waals surface area (Å²) < 4.78 is 5.32. The lowest BCUT2D eigenvalue weighted by atomic mass is 10.1. The third-order valence-electron chi connectivity index (χ3n) is 5.57. The number of benzene rings is 2. The van der Waals surface area contributed by atoms with E-state index < -0.39 is 0 Å². The first kappa shape index (κ1) is 17.2. The van der Waals surface area contributed by atoms with Crippen molar-refractivity contribution in [3.63, 3.8) is 0 Å². The van der Waals surface area contributed by atoms with E-state index in [1.165, 1.54) is 5.69 Å². The van der Waals surface area contributed by atoms with Crippen LogP contribution >= 0.6 is 0 Å². The highest BCUT2D eigenvalue weighted by Crippen LogP contribution is 2.29. The summed E-state index contributed by atoms with van der Waals surface area (Å²) in [6.45, 7) is 6.10. The van der Waals surface area contributed by atoms with Crippen molar-refractivity contribution < 1.29 is 4.52 Å². The predicted molar refractivity (Wildman–Crippen MR) is 109 cm³/mol. The zero-order chi connectivity index (χ0) is 18.9. The second kappa shape index (κ2) is 7.24. The fraction of sp³-hybridized carbons (Fsp3) is 0.381. The standard InChI is InChI=1S/C21H24N6O/c1-2-6-21(27-23-17-7-3-4-8-18(17)24-27)26-13-11-25(12-14-26)19-9-5-10-20-16(19)15-22-28-20/h3-5,7-10,15,21H,2,6,11-14H2,1H3. The smallest absolute Gasteiger partial charge is 0.168 e. The van der Waals surface area contributed by atoms with Gasteiger partial charge in [0.15, 0.2) is 5.58 Å². The number of piperazine rings is 1. The quantitative estimate of drug-likeness (QED) is 0.529. The van der Waals surface area contributed by atoms with Crippen molar-refractivity contribution in [3.8, 4) is 0 Å². The Labute approximate surface area is 163 Å². The van der Waals surface area contributed by atoms with Gasteiger partial charge in [0.05, 0.1) is 11.6 Å². The molecule has 1 aliphatic rings. The first-order chi connectivity index (χ1) is 13.8. The molecular weight excluding hydrogens is 352 g/mol. The highest BCUT2D eigenvalue weighted by molar-refractivity contribution is 5.90. The molecule has 7 nitrogen and oxygen atoms in total. The van der Waals surface area contributed by atoms with Crippen molar-refractivity contribution in [1.29, 1.82) is 0 Å². The van der Waals surface area contributed by atoms with Gasteiger partial charge in [-0.15, -0.1) is 0 Å². The third kappa shape index (κ3) is 3.01. The number of hydrogen-bond donors (Lipinski definition) is 0. The maximum atomic E-state index is 5.32. The van der Waals surface area contributed by atoms with Crippen LogP contribution in [-0.2, 0) is 0 Å². The zero-order valence-corrected chi connectivity index (χ0v) is 16.0. The second-order valence-electron chi connectivity index (χ2n) is 7.32. The van der Waals surface area contributed by atoms with E-state index in [0.29, 0.717) is 0 Å². The number of fused-ring (bicyclic) bond motifs is 2. The minimum absolute atomic E-state index is 0.200. The van der Waals surface area contributed by atoms with E-state index in [-0.39, 0.29) is 6.17 Å². The molecule has 1 unspecified atom stereocenters. The van der Waals surface area contributed by atoms with Crippen LogP contribution in [0.5, 0.6) is 0 Å². The summed E-state index contributed by atoms with van der Waals surface area (Å²) in [7, 11) is 0. The Balaban J connectivity index is 1.36. The summed E-state index contributed by atoms with van der Waals surface area (Å²) in [4.78, 5) is 6.85. The molecule has 0 saturated carbocycles. The lowest BCUT2D eigenvalue weighted by Gasteiger charge is -2.39. The van der Waals surface area contributed by atoms with Crippen LogP contribution in [0.2, 0.25) is 0 Å². The van der Waals surface area contributed by atoms with Crippen LogP contribution in [-0.4, -0.2) is 51.2 Å². The number of rotatable bonds is 5. The van der Waals surface area contributed by atoms with E-state index in [1.54, 1.807) is 0 Å². The van der Waals surface area contributed by atoms with Gasteiger partial charge in [-0.3, -0.25) is 4.90 Å². The number of nitrogens with zero attached hydrogens (tertiary/aromatic N) is 6. The van der Waals surface area contributed by atoms with E-state index in [9.17, 15) is 0 Å². The molecular formula is C21H24N6O. The summed E-state index contributed by atoms with van der Waals surface area (Å²) in [5, 5.41) is 14.5. The molecule has 144 valence electrons. The first-order valence-electron chi connectivity index (χ1n) is 9.97. The van der Waals surface area contributed by atoms with Crippen LogP contribution in [0.15, 0.2) is 53.2 Å². The Hall–Kier alpha value is -2.93. The van der Waals surface area contributed by atoms with Gasteiger partial charge in [-0.1, -0.05) is 36.7 Å². The lowest BCUT2D eigenvalue weighted by molar-refractivity contribution is 0.0985. The van der Waals surface area contributed by atoms with E-state index >= 15 is 0 Å². The van der Waals surface area contributed by atoms with E-state index in [2.05, 4.69) is 27.9 Å². The fourth-order valence-corrected chi connectivity index (χ4v) is 4.13. The van der Waals surface area contributed by atoms with Crippen LogP contribution in [0.1, 0.15) is 25.9 Å². The highest BCUT2D eigenvalue weighted by Gasteiger charge is 2.27. The number of anilines is 1. The monoisotopic (exact) mass is 376 g/mol. The molecule has 5 rings (SSSR count). The average molecular weight is 376 g/mol. The molecule has 28 heavy (non-hydrogen) atoms. The van der Waals surface area contributed by atoms with Crippen LogP contribution < -0.4 is 4.90 Å². The molecule has 0 N–H and O–H groups in total. The fourth-order valence-electron chi connectivity index (χ4n) is 4.13. The summed E-state index contributed by atoms with van der Waals surface area (Å²) in [5.41, 5.74) is 3.97. The molecule has 1 fully saturated rings. The Morgan fingerprint density at radius 2 is 1.71 bits per heavy atom. The van der Waals surface area contributed by atoms with Crippen molar-refractivity contribution in [3.05, 3.63) is 48.7 Å². The molecule has 1 aliphatic heterocycles. The molecule has 2 aromatic carbocycles. The van der Waals surface area contributed by atoms with Crippen LogP contribution in [0, 0.1) is 0 Å². The largest absolute Gasteiger partial charge is 0.368 e. The van der Waals surface area contributed by atoms with Gasteiger partial charge in [-0.25, -0.2) is 0 Å². The van der Waals surface area contributed by atoms with E-state index in [1.807, 2.05) is 47.4 Å². The lowest BCUT2D eigenvalue weighted by Crippen LogP contribution is -2.49. The molecule has 2 aromatic heterocycles. The molecule has 0 amide bonds. The van der Waals surface area contributed by atoms with Gasteiger partial charge in [-0.2, -0.15) is 15.0 Å². The van der Waals surface area contributed by atoms with Gasteiger partial charge in [0.25, 0.3) is 0 Å². The van der Waals surface area contributed by atoms with Gasteiger partial charge in [-0.05, 0) is 30.7 Å². The average Bonchev–Trinajstić information content (AvgIpc) is 3.38. The van der Waals surface area contributed by atoms with Gasteiger partial charge >= 0.3 is 0 Å². The Kier molecular flexibility index (Phi) is 4.44. The molecule has 3 heterocycles. The maximum Gasteiger partial charge on any atom is 0.168 e. The molecule has 0 radical (unpaired) electrons. The van der Waals surface area contributed by atoms with Gasteiger partial charge in [0, 0.05) is 31.9 Å². The molecule has 0 aliphatic carbocycles. The Morgan fingerprint density at radius 3 is 2.43 bits per heavy atom. The van der Waals surface area contributed by atoms with Crippen LogP contribution in [0.3, 0.4) is 0 Å². The molecule has 1 saturated heterocycles. The summed E-state index contributed by atoms with van der Waals surface area (Å²) in [6.07, 6.45) is 4.16. The Bertz CT molecular complexity index is 1050. The highest BCUT2D eigenvalue weighted by atomic mass is 16.5. The number of aromatic nitrogens is 4. The van der Waals surface area contributed by atoms with Crippen molar-refractivity contribution in [2.45, 2.75) is 25.9 Å². The minimum atomic E-state index is 0.200. The zero-order valence-electron chi connectivity index (χ0n) is 16.0. The topological polar surface area (TPSA) is 63.2 Å². The van der Waals surface area contributed by atoms with Gasteiger partial charge in [0.2, 0.25) is 0 Å².